The number of halogens is 2. The number of benzene rings is 1. The molecule has 1 aromatic carbocycles. The highest BCUT2D eigenvalue weighted by atomic mass is 35.5. The molecule has 3 N–H and O–H groups in total. The number of rotatable bonds is 7. The maximum atomic E-state index is 14.7. The number of hydrogen-bond acceptors (Lipinski definition) is 10. The fraction of sp³-hybridized carbons (Fsp3) is 0.561. The van der Waals surface area contributed by atoms with Crippen molar-refractivity contribution in [3.8, 4) is 17.0 Å². The van der Waals surface area contributed by atoms with E-state index in [0.29, 0.717) is 43.4 Å². The molecule has 4 heterocycles. The molecule has 3 aliphatic heterocycles. The Morgan fingerprint density at radius 3 is 2.45 bits per heavy atom. The van der Waals surface area contributed by atoms with Gasteiger partial charge in [-0.25, -0.2) is 13.4 Å². The smallest absolute Gasteiger partial charge is 0.307 e. The minimum Gasteiger partial charge on any atom is -0.505 e. The second-order valence-corrected chi connectivity index (χ2v) is 20.0. The van der Waals surface area contributed by atoms with Crippen LogP contribution in [0.5, 0.6) is 5.75 Å². The predicted octanol–water partition coefficient (Wildman–Crippen LogP) is 5.01. The molecule has 17 heteroatoms. The van der Waals surface area contributed by atoms with Crippen LogP contribution in [0.3, 0.4) is 0 Å². The summed E-state index contributed by atoms with van der Waals surface area (Å²) in [7, 11) is -3.93. The van der Waals surface area contributed by atoms with Gasteiger partial charge in [-0.15, -0.1) is 0 Å². The fourth-order valence-corrected chi connectivity index (χ4v) is 10.4. The van der Waals surface area contributed by atoms with E-state index in [0.717, 1.165) is 12.8 Å². The second-order valence-electron chi connectivity index (χ2n) is 17.3. The van der Waals surface area contributed by atoms with E-state index in [1.165, 1.54) is 17.0 Å². The number of sulfonamides is 1. The number of pyridine rings is 1. The lowest BCUT2D eigenvalue weighted by atomic mass is 9.92. The quantitative estimate of drug-likeness (QED) is 0.252. The number of aromatic nitrogens is 1. The number of phenolic OH excluding ortho intramolecular Hbond substituents is 1. The van der Waals surface area contributed by atoms with Gasteiger partial charge in [-0.1, -0.05) is 54.3 Å². The summed E-state index contributed by atoms with van der Waals surface area (Å²) < 4.78 is 33.7. The number of aromatic hydroxyl groups is 1. The number of likely N-dealkylation sites (tertiary alicyclic amines) is 1. The van der Waals surface area contributed by atoms with Crippen LogP contribution in [0.1, 0.15) is 89.0 Å². The normalized spacial score (nSPS) is 28.3. The molecular formula is C41H49Cl2N5O9S. The molecule has 2 aromatic rings. The first kappa shape index (κ1) is 41.9. The molecule has 14 nitrogen and oxygen atoms in total. The van der Waals surface area contributed by atoms with E-state index in [2.05, 4.69) is 15.0 Å². The first-order chi connectivity index (χ1) is 27.4. The third-order valence-corrected chi connectivity index (χ3v) is 14.1. The largest absolute Gasteiger partial charge is 0.505 e. The van der Waals surface area contributed by atoms with Crippen LogP contribution in [0.2, 0.25) is 10.0 Å². The molecule has 312 valence electrons. The number of esters is 1. The fourth-order valence-electron chi connectivity index (χ4n) is 8.54. The molecule has 7 rings (SSSR count). The average molecular weight is 859 g/mol. The highest BCUT2D eigenvalue weighted by Crippen LogP contribution is 2.47. The first-order valence-corrected chi connectivity index (χ1v) is 22.2. The molecular weight excluding hydrogens is 809 g/mol. The number of amides is 4. The van der Waals surface area contributed by atoms with Crippen molar-refractivity contribution in [3.05, 3.63) is 58.2 Å². The van der Waals surface area contributed by atoms with Crippen molar-refractivity contribution in [2.75, 3.05) is 19.6 Å². The molecule has 2 saturated carbocycles. The zero-order valence-corrected chi connectivity index (χ0v) is 35.0. The lowest BCUT2D eigenvalue weighted by Crippen LogP contribution is -2.58. The number of phenols is 1. The summed E-state index contributed by atoms with van der Waals surface area (Å²) in [5.74, 6) is -5.14. The van der Waals surface area contributed by atoms with Gasteiger partial charge < -0.3 is 25.0 Å². The Morgan fingerprint density at radius 2 is 1.76 bits per heavy atom. The van der Waals surface area contributed by atoms with Crippen LogP contribution in [0, 0.1) is 23.7 Å². The topological polar surface area (TPSA) is 192 Å². The lowest BCUT2D eigenvalue weighted by molar-refractivity contribution is -0.159. The summed E-state index contributed by atoms with van der Waals surface area (Å²) in [6.07, 6.45) is 8.03. The van der Waals surface area contributed by atoms with E-state index in [1.807, 2.05) is 12.2 Å². The molecule has 0 spiro atoms. The SMILES string of the molecule is CC(C)(C)OC(=O)C[C@H]1CCCCC/C=C\[C@@H]2C[C@@]2(C(=O)NS(=O)(=O)C2CC2)NC(=O)[C@@H]2[C@H]3CN(C(=O)c4cccc(-c5cc(Cl)c(O)c(Cl)c5)n4)C[C@H]3CN2C1=O. The summed E-state index contributed by atoms with van der Waals surface area (Å²) in [5, 5.41) is 12.3. The maximum Gasteiger partial charge on any atom is 0.307 e. The van der Waals surface area contributed by atoms with Gasteiger partial charge in [0.25, 0.3) is 11.8 Å². The Labute approximate surface area is 348 Å². The molecule has 4 amide bonds. The van der Waals surface area contributed by atoms with E-state index in [9.17, 15) is 37.5 Å². The number of nitrogens with one attached hydrogen (secondary N) is 2. The van der Waals surface area contributed by atoms with Crippen LogP contribution < -0.4 is 10.0 Å². The van der Waals surface area contributed by atoms with Gasteiger partial charge in [-0.05, 0) is 83.6 Å². The Kier molecular flexibility index (Phi) is 11.6. The molecule has 6 atom stereocenters. The van der Waals surface area contributed by atoms with Gasteiger partial charge in [-0.2, -0.15) is 0 Å². The van der Waals surface area contributed by atoms with Crippen molar-refractivity contribution >= 4 is 62.8 Å². The summed E-state index contributed by atoms with van der Waals surface area (Å²) in [4.78, 5) is 78.1. The molecule has 2 aliphatic carbocycles. The van der Waals surface area contributed by atoms with E-state index in [1.54, 1.807) is 43.9 Å². The van der Waals surface area contributed by atoms with Gasteiger partial charge in [0, 0.05) is 48.9 Å². The molecule has 2 saturated heterocycles. The third-order valence-electron chi connectivity index (χ3n) is 11.7. The Morgan fingerprint density at radius 1 is 1.03 bits per heavy atom. The van der Waals surface area contributed by atoms with E-state index >= 15 is 0 Å². The predicted molar refractivity (Wildman–Crippen MR) is 215 cm³/mol. The van der Waals surface area contributed by atoms with Crippen molar-refractivity contribution in [1.82, 2.24) is 24.8 Å². The Balaban J connectivity index is 1.18. The number of ether oxygens (including phenoxy) is 1. The summed E-state index contributed by atoms with van der Waals surface area (Å²) in [6, 6.07) is 6.75. The molecule has 5 aliphatic rings. The van der Waals surface area contributed by atoms with Crippen molar-refractivity contribution in [2.45, 2.75) is 101 Å². The number of allylic oxidation sites excluding steroid dienone is 1. The summed E-state index contributed by atoms with van der Waals surface area (Å²) in [5.41, 5.74) is -1.31. The highest BCUT2D eigenvalue weighted by Gasteiger charge is 2.63. The van der Waals surface area contributed by atoms with Gasteiger partial charge in [0.2, 0.25) is 21.8 Å². The third kappa shape index (κ3) is 8.86. The van der Waals surface area contributed by atoms with Crippen molar-refractivity contribution in [3.63, 3.8) is 0 Å². The average Bonchev–Trinajstić information content (AvgIpc) is 4.05. The van der Waals surface area contributed by atoms with Crippen LogP contribution >= 0.6 is 23.2 Å². The van der Waals surface area contributed by atoms with Gasteiger partial charge >= 0.3 is 5.97 Å². The monoisotopic (exact) mass is 857 g/mol. The maximum absolute atomic E-state index is 14.7. The number of fused-ring (bicyclic) bond motifs is 4. The van der Waals surface area contributed by atoms with Crippen molar-refractivity contribution < 1.29 is 42.2 Å². The minimum absolute atomic E-state index is 0.0233. The van der Waals surface area contributed by atoms with Gasteiger partial charge in [0.15, 0.2) is 5.75 Å². The number of nitrogens with zero attached hydrogens (tertiary/aromatic N) is 3. The summed E-state index contributed by atoms with van der Waals surface area (Å²) in [6.45, 7) is 5.67. The Bertz CT molecular complexity index is 2130. The lowest BCUT2D eigenvalue weighted by Gasteiger charge is -2.33. The standard InChI is InChI=1S/C41H49Cl2N5O9S/c1-40(2,3)57-33(49)18-23-10-7-5-4-6-8-11-26-19-41(26,39(54)46-58(55,56)27-14-15-27)45-36(51)34-28-22-47(20-25(28)21-48(34)37(23)52)38(53)32-13-9-12-31(44-32)24-16-29(42)35(50)30(43)17-24/h8-9,11-13,16-17,23,25-28,34,50H,4-7,10,14-15,18-22H2,1-3H3,(H,45,51)(H,46,54)/b11-8-/t23-,25+,26-,28+,34+,41-/m1/s1. The van der Waals surface area contributed by atoms with Crippen molar-refractivity contribution in [2.24, 2.45) is 23.7 Å². The van der Waals surface area contributed by atoms with E-state index < -0.39 is 73.9 Å². The van der Waals surface area contributed by atoms with Crippen molar-refractivity contribution in [1.29, 1.82) is 0 Å². The summed E-state index contributed by atoms with van der Waals surface area (Å²) >= 11 is 12.3. The van der Waals surface area contributed by atoms with Gasteiger partial charge in [-0.3, -0.25) is 28.7 Å². The van der Waals surface area contributed by atoms with Crippen LogP contribution in [0.25, 0.3) is 11.3 Å². The molecule has 0 unspecified atom stereocenters. The first-order valence-electron chi connectivity index (χ1n) is 19.9. The second kappa shape index (κ2) is 16.1. The molecule has 58 heavy (non-hydrogen) atoms. The van der Waals surface area contributed by atoms with Gasteiger partial charge in [0.05, 0.1) is 27.4 Å². The molecule has 0 bridgehead atoms. The van der Waals surface area contributed by atoms with Crippen LogP contribution in [0.15, 0.2) is 42.5 Å². The zero-order valence-electron chi connectivity index (χ0n) is 32.7. The number of carbonyl (C=O) groups is 5. The molecule has 1 aromatic heterocycles. The van der Waals surface area contributed by atoms with Gasteiger partial charge in [0.1, 0.15) is 22.9 Å². The van der Waals surface area contributed by atoms with E-state index in [-0.39, 0.29) is 65.8 Å². The zero-order chi connectivity index (χ0) is 41.7. The number of hydrogen-bond donors (Lipinski definition) is 3. The Hall–Kier alpha value is -4.21. The molecule has 0 radical (unpaired) electrons. The number of carbonyl (C=O) groups excluding carboxylic acids is 5. The van der Waals surface area contributed by atoms with Crippen LogP contribution in [-0.4, -0.2) is 100.0 Å². The highest BCUT2D eigenvalue weighted by molar-refractivity contribution is 7.91. The molecule has 4 fully saturated rings. The van der Waals surface area contributed by atoms with E-state index in [4.69, 9.17) is 27.9 Å². The van der Waals surface area contributed by atoms with Crippen LogP contribution in [0.4, 0.5) is 0 Å². The van der Waals surface area contributed by atoms with Crippen LogP contribution in [-0.2, 0) is 33.9 Å². The minimum atomic E-state index is -3.93.